The van der Waals surface area contributed by atoms with Gasteiger partial charge in [0.1, 0.15) is 48.3 Å². The van der Waals surface area contributed by atoms with Crippen LogP contribution in [-0.4, -0.2) is 176 Å². The monoisotopic (exact) mass is 1140 g/mol. The van der Waals surface area contributed by atoms with Crippen molar-refractivity contribution in [3.63, 3.8) is 0 Å². The standard InChI is InChI=1S/C61H101NO18/c1-9-10-11-12-13-14-15-16-17-18-44(69)62-45-40(31-64)77-54(51(48(45)72)79-52-36(30-63)46(70)50(34(2)76-52)78-53-49(73)47(71)39(66)32-75-53)80-55(74)61-26-25-56(3,4)28-38(61)37-19-20-41-57(5)23-22-42(67)58(6,33-65)35(27-57)21-24-59(41,7)60(37,8)29-43(61)68/h19,33-36,38-43,45-54,63-64,66-68,70-73H,9-18,20-32H2,1-8H3,(H,62,69)/t34?,35?,36?,38?,39-,40?,41?,42+,43?,45+,46?,47?,48?,49?,50+,51?,52+,53+,54+,57?,58?,59?,60?,61-/m1/s1. The van der Waals surface area contributed by atoms with Crippen LogP contribution < -0.4 is 5.32 Å². The quantitative estimate of drug-likeness (QED) is 0.0344. The van der Waals surface area contributed by atoms with Gasteiger partial charge >= 0.3 is 5.97 Å². The van der Waals surface area contributed by atoms with E-state index in [2.05, 4.69) is 52.9 Å². The molecule has 24 atom stereocenters. The summed E-state index contributed by atoms with van der Waals surface area (Å²) in [6, 6.07) is -1.30. The Bertz CT molecular complexity index is 2150. The van der Waals surface area contributed by atoms with Crippen molar-refractivity contribution in [2.45, 2.75) is 276 Å². The van der Waals surface area contributed by atoms with Crippen LogP contribution in [0.2, 0.25) is 0 Å². The number of hydrogen-bond acceptors (Lipinski definition) is 18. The molecule has 3 heterocycles. The van der Waals surface area contributed by atoms with Crippen LogP contribution in [0.3, 0.4) is 0 Å². The van der Waals surface area contributed by atoms with Crippen LogP contribution in [-0.2, 0) is 42.8 Å². The molecule has 2 bridgehead atoms. The summed E-state index contributed by atoms with van der Waals surface area (Å²) in [4.78, 5) is 42.3. The number of aliphatic hydroxyl groups is 9. The molecule has 3 aliphatic heterocycles. The number of ether oxygens (including phenoxy) is 6. The molecule has 0 aromatic heterocycles. The molecule has 19 heteroatoms. The fourth-order valence-corrected chi connectivity index (χ4v) is 16.8. The van der Waals surface area contributed by atoms with Gasteiger partial charge in [0.05, 0.1) is 61.6 Å². The first-order valence-electron chi connectivity index (χ1n) is 30.7. The van der Waals surface area contributed by atoms with E-state index in [1.54, 1.807) is 0 Å². The number of amides is 1. The molecule has 8 rings (SSSR count). The zero-order valence-electron chi connectivity index (χ0n) is 49.1. The van der Waals surface area contributed by atoms with Gasteiger partial charge in [0.2, 0.25) is 12.2 Å². The highest BCUT2D eigenvalue weighted by molar-refractivity contribution is 5.80. The number of carbonyl (C=O) groups excluding carboxylic acids is 3. The molecule has 0 aromatic rings. The third-order valence-electron chi connectivity index (χ3n) is 22.3. The number of rotatable bonds is 20. The Labute approximate surface area is 474 Å². The summed E-state index contributed by atoms with van der Waals surface area (Å²) in [5, 5.41) is 105. The van der Waals surface area contributed by atoms with Gasteiger partial charge in [-0.25, -0.2) is 0 Å². The van der Waals surface area contributed by atoms with Crippen molar-refractivity contribution in [1.82, 2.24) is 5.32 Å². The van der Waals surface area contributed by atoms with E-state index in [9.17, 15) is 55.5 Å². The molecule has 458 valence electrons. The van der Waals surface area contributed by atoms with Crippen molar-refractivity contribution >= 4 is 18.2 Å². The first kappa shape index (κ1) is 63.8. The zero-order chi connectivity index (χ0) is 58.3. The molecule has 0 aromatic carbocycles. The van der Waals surface area contributed by atoms with E-state index in [1.807, 2.05) is 6.92 Å². The highest BCUT2D eigenvalue weighted by Crippen LogP contribution is 2.74. The minimum absolute atomic E-state index is 0.0338. The lowest BCUT2D eigenvalue weighted by atomic mass is 9.38. The van der Waals surface area contributed by atoms with E-state index in [0.717, 1.165) is 69.6 Å². The SMILES string of the molecule is CCCCCCCCCCCC(=O)N[C@H]1C(CO)O[C@@H](OC(=O)[C@]23CCC(C)(C)CC2C2=CCC4C5(C)CC[C@H](O)C(C)(C=O)C(CCC4(C)C2(C)CC3O)C5)C(O[C@@H]2OC(C)[C@H](O[C@@H]3OC[C@@H](O)C(O)C3O)C(O)C2CO)C1O. The maximum atomic E-state index is 15.8. The van der Waals surface area contributed by atoms with Gasteiger partial charge in [0, 0.05) is 6.42 Å². The van der Waals surface area contributed by atoms with Crippen LogP contribution >= 0.6 is 0 Å². The molecule has 1 amide bonds. The number of aldehydes is 1. The van der Waals surface area contributed by atoms with Crippen LogP contribution in [0, 0.1) is 56.2 Å². The number of hydrogen-bond donors (Lipinski definition) is 10. The second-order valence-electron chi connectivity index (χ2n) is 27.8. The molecular formula is C61H101NO18. The van der Waals surface area contributed by atoms with Crippen molar-refractivity contribution in [3.8, 4) is 0 Å². The molecule has 80 heavy (non-hydrogen) atoms. The second kappa shape index (κ2) is 25.4. The summed E-state index contributed by atoms with van der Waals surface area (Å²) < 4.78 is 37.2. The van der Waals surface area contributed by atoms with Gasteiger partial charge < -0.3 is 84.5 Å². The Kier molecular flexibility index (Phi) is 20.3. The maximum absolute atomic E-state index is 15.8. The number of allylic oxidation sites excluding steroid dienone is 2. The Morgan fingerprint density at radius 2 is 1.40 bits per heavy atom. The Morgan fingerprint density at radius 3 is 2.06 bits per heavy atom. The van der Waals surface area contributed by atoms with Gasteiger partial charge in [-0.2, -0.15) is 0 Å². The third kappa shape index (κ3) is 11.9. The number of fused-ring (bicyclic) bond motifs is 8. The third-order valence-corrected chi connectivity index (χ3v) is 22.3. The van der Waals surface area contributed by atoms with E-state index in [-0.39, 0.29) is 54.0 Å². The normalized spacial score (nSPS) is 47.3. The molecular weight excluding hydrogens is 1030 g/mol. The van der Waals surface area contributed by atoms with E-state index < -0.39 is 145 Å². The predicted molar refractivity (Wildman–Crippen MR) is 291 cm³/mol. The number of nitrogens with one attached hydrogen (secondary N) is 1. The molecule has 10 N–H and O–H groups in total. The van der Waals surface area contributed by atoms with Crippen molar-refractivity contribution in [2.24, 2.45) is 56.2 Å². The second-order valence-corrected chi connectivity index (χ2v) is 27.8. The first-order valence-corrected chi connectivity index (χ1v) is 30.7. The summed E-state index contributed by atoms with van der Waals surface area (Å²) in [5.74, 6) is -2.88. The lowest BCUT2D eigenvalue weighted by Gasteiger charge is -2.66. The molecule has 16 unspecified atom stereocenters. The van der Waals surface area contributed by atoms with Gasteiger partial charge in [-0.1, -0.05) is 111 Å². The summed E-state index contributed by atoms with van der Waals surface area (Å²) in [5.41, 5.74) is -2.71. The summed E-state index contributed by atoms with van der Waals surface area (Å²) in [6.07, 6.45) is -1.47. The molecule has 0 radical (unpaired) electrons. The molecule has 8 aliphatic rings. The minimum Gasteiger partial charge on any atom is -0.432 e. The Morgan fingerprint density at radius 1 is 0.725 bits per heavy atom. The fourth-order valence-electron chi connectivity index (χ4n) is 16.8. The molecule has 3 saturated heterocycles. The lowest BCUT2D eigenvalue weighted by Crippen LogP contribution is -2.68. The molecule has 5 aliphatic carbocycles. The number of carbonyl (C=O) groups is 3. The minimum atomic E-state index is -1.79. The van der Waals surface area contributed by atoms with Crippen molar-refractivity contribution < 1.29 is 88.8 Å². The smallest absolute Gasteiger partial charge is 0.317 e. The Balaban J connectivity index is 1.08. The number of esters is 1. The first-order chi connectivity index (χ1) is 37.8. The van der Waals surface area contributed by atoms with Crippen molar-refractivity contribution in [1.29, 1.82) is 0 Å². The van der Waals surface area contributed by atoms with Crippen LogP contribution in [0.1, 0.15) is 184 Å². The van der Waals surface area contributed by atoms with Crippen LogP contribution in [0.4, 0.5) is 0 Å². The fraction of sp³-hybridized carbons (Fsp3) is 0.918. The molecule has 4 saturated carbocycles. The average Bonchev–Trinajstić information content (AvgIpc) is 2.51. The van der Waals surface area contributed by atoms with Crippen molar-refractivity contribution in [3.05, 3.63) is 11.6 Å². The van der Waals surface area contributed by atoms with Gasteiger partial charge in [-0.05, 0) is 117 Å². The van der Waals surface area contributed by atoms with E-state index in [0.29, 0.717) is 25.7 Å². The summed E-state index contributed by atoms with van der Waals surface area (Å²) in [6.45, 7) is 15.0. The summed E-state index contributed by atoms with van der Waals surface area (Å²) in [7, 11) is 0. The predicted octanol–water partition coefficient (Wildman–Crippen LogP) is 4.64. The zero-order valence-corrected chi connectivity index (χ0v) is 49.1. The maximum Gasteiger partial charge on any atom is 0.317 e. The average molecular weight is 1140 g/mol. The van der Waals surface area contributed by atoms with E-state index >= 15 is 4.79 Å². The van der Waals surface area contributed by atoms with Crippen LogP contribution in [0.15, 0.2) is 11.6 Å². The molecule has 19 nitrogen and oxygen atoms in total. The van der Waals surface area contributed by atoms with E-state index in [1.165, 1.54) is 32.6 Å². The van der Waals surface area contributed by atoms with Crippen LogP contribution in [0.5, 0.6) is 0 Å². The van der Waals surface area contributed by atoms with E-state index in [4.69, 9.17) is 28.4 Å². The number of aliphatic hydroxyl groups excluding tert-OH is 9. The lowest BCUT2D eigenvalue weighted by molar-refractivity contribution is -0.365. The van der Waals surface area contributed by atoms with Gasteiger partial charge in [-0.15, -0.1) is 0 Å². The molecule has 0 spiro atoms. The topological polar surface area (TPSA) is 301 Å². The highest BCUT2D eigenvalue weighted by Gasteiger charge is 2.71. The van der Waals surface area contributed by atoms with Crippen LogP contribution in [0.25, 0.3) is 0 Å². The highest BCUT2D eigenvalue weighted by atomic mass is 16.8. The number of unbranched alkanes of at least 4 members (excludes halogenated alkanes) is 8. The van der Waals surface area contributed by atoms with Gasteiger partial charge in [-0.3, -0.25) is 9.59 Å². The molecule has 7 fully saturated rings. The van der Waals surface area contributed by atoms with Crippen molar-refractivity contribution in [2.75, 3.05) is 19.8 Å². The van der Waals surface area contributed by atoms with Gasteiger partial charge in [0.25, 0.3) is 0 Å². The largest absolute Gasteiger partial charge is 0.432 e. The van der Waals surface area contributed by atoms with Gasteiger partial charge in [0.15, 0.2) is 18.7 Å². The Hall–Kier alpha value is -2.21. The summed E-state index contributed by atoms with van der Waals surface area (Å²) >= 11 is 0.